The second-order valence-electron chi connectivity index (χ2n) is 8.57. The fourth-order valence-corrected chi connectivity index (χ4v) is 5.38. The van der Waals surface area contributed by atoms with E-state index in [4.69, 9.17) is 9.15 Å². The number of H-pyrrole nitrogens is 1. The van der Waals surface area contributed by atoms with Gasteiger partial charge in [0.1, 0.15) is 11.4 Å². The fourth-order valence-electron chi connectivity index (χ4n) is 5.38. The van der Waals surface area contributed by atoms with Crippen molar-refractivity contribution < 1.29 is 18.7 Å². The zero-order valence-corrected chi connectivity index (χ0v) is 16.9. The number of benzene rings is 1. The van der Waals surface area contributed by atoms with Crippen LogP contribution in [0.2, 0.25) is 0 Å². The fraction of sp³-hybridized carbons (Fsp3) is 0.333. The van der Waals surface area contributed by atoms with E-state index in [0.717, 1.165) is 23.3 Å². The normalized spacial score (nSPS) is 28.6. The van der Waals surface area contributed by atoms with Gasteiger partial charge >= 0.3 is 0 Å². The van der Waals surface area contributed by atoms with E-state index in [0.29, 0.717) is 19.6 Å². The number of hydrogen-bond acceptors (Lipinski definition) is 4. The summed E-state index contributed by atoms with van der Waals surface area (Å²) in [5, 5.41) is 4.21. The largest absolute Gasteiger partial charge is 0.467 e. The predicted octanol–water partition coefficient (Wildman–Crippen LogP) is 2.40. The van der Waals surface area contributed by atoms with Crippen molar-refractivity contribution in [1.29, 1.82) is 0 Å². The molecule has 31 heavy (non-hydrogen) atoms. The van der Waals surface area contributed by atoms with Gasteiger partial charge in [-0.1, -0.05) is 30.4 Å². The van der Waals surface area contributed by atoms with Crippen molar-refractivity contribution in [3.05, 3.63) is 72.3 Å². The zero-order valence-electron chi connectivity index (χ0n) is 16.9. The van der Waals surface area contributed by atoms with Gasteiger partial charge < -0.3 is 24.4 Å². The van der Waals surface area contributed by atoms with Crippen LogP contribution in [0, 0.1) is 11.8 Å². The number of fused-ring (bicyclic) bond motifs is 2. The van der Waals surface area contributed by atoms with Crippen molar-refractivity contribution in [2.45, 2.75) is 24.7 Å². The number of hydrogen-bond donors (Lipinski definition) is 2. The molecule has 1 aromatic carbocycles. The van der Waals surface area contributed by atoms with Crippen molar-refractivity contribution in [2.75, 3.05) is 13.1 Å². The predicted molar refractivity (Wildman–Crippen MR) is 113 cm³/mol. The van der Waals surface area contributed by atoms with Crippen LogP contribution in [0.3, 0.4) is 0 Å². The van der Waals surface area contributed by atoms with Crippen LogP contribution in [-0.2, 0) is 27.3 Å². The van der Waals surface area contributed by atoms with E-state index >= 15 is 0 Å². The number of para-hydroxylation sites is 1. The van der Waals surface area contributed by atoms with Crippen molar-refractivity contribution in [2.24, 2.45) is 11.8 Å². The lowest BCUT2D eigenvalue weighted by atomic mass is 9.77. The maximum atomic E-state index is 13.2. The van der Waals surface area contributed by atoms with Crippen molar-refractivity contribution in [3.8, 4) is 0 Å². The van der Waals surface area contributed by atoms with Crippen LogP contribution >= 0.6 is 0 Å². The molecule has 158 valence electrons. The molecule has 7 heteroatoms. The lowest BCUT2D eigenvalue weighted by molar-refractivity contribution is -0.138. The standard InChI is InChI=1S/C24H23N3O4/c28-22(25-10-8-15-12-26-18-6-2-1-5-17(15)18)20-19-7-9-24(31-19)14-27(23(29)21(20)24)13-16-4-3-11-30-16/h1-7,9,11-12,19-21,26H,8,10,13-14H2,(H,25,28)/t19-,20?,21?,24-/m1/s1. The highest BCUT2D eigenvalue weighted by Crippen LogP contribution is 2.52. The number of aromatic amines is 1. The number of carbonyl (C=O) groups is 2. The Morgan fingerprint density at radius 3 is 3.03 bits per heavy atom. The summed E-state index contributed by atoms with van der Waals surface area (Å²) >= 11 is 0. The number of aromatic nitrogens is 1. The molecule has 3 aliphatic rings. The van der Waals surface area contributed by atoms with Gasteiger partial charge in [-0.25, -0.2) is 0 Å². The van der Waals surface area contributed by atoms with E-state index in [1.54, 1.807) is 17.2 Å². The first kappa shape index (κ1) is 18.4. The lowest BCUT2D eigenvalue weighted by Gasteiger charge is -2.23. The van der Waals surface area contributed by atoms with Gasteiger partial charge in [0.15, 0.2) is 0 Å². The van der Waals surface area contributed by atoms with Crippen molar-refractivity contribution in [1.82, 2.24) is 15.2 Å². The summed E-state index contributed by atoms with van der Waals surface area (Å²) in [6.45, 7) is 1.35. The molecule has 2 amide bonds. The number of carbonyl (C=O) groups excluding carboxylic acids is 2. The molecule has 0 aliphatic carbocycles. The lowest BCUT2D eigenvalue weighted by Crippen LogP contribution is -2.44. The third kappa shape index (κ3) is 2.84. The Bertz CT molecular complexity index is 1180. The van der Waals surface area contributed by atoms with Crippen LogP contribution in [0.1, 0.15) is 11.3 Å². The average molecular weight is 417 g/mol. The highest BCUT2D eigenvalue weighted by molar-refractivity contribution is 5.93. The molecule has 4 atom stereocenters. The molecule has 2 bridgehead atoms. The number of ether oxygens (including phenoxy) is 1. The smallest absolute Gasteiger partial charge is 0.230 e. The van der Waals surface area contributed by atoms with Crippen LogP contribution in [0.15, 0.2) is 65.4 Å². The third-order valence-corrected chi connectivity index (χ3v) is 6.78. The minimum absolute atomic E-state index is 0.0416. The first-order valence-electron chi connectivity index (χ1n) is 10.7. The van der Waals surface area contributed by atoms with Crippen molar-refractivity contribution >= 4 is 22.7 Å². The zero-order chi connectivity index (χ0) is 21.0. The van der Waals surface area contributed by atoms with Crippen LogP contribution in [0.25, 0.3) is 10.9 Å². The molecular formula is C24H23N3O4. The average Bonchev–Trinajstić information content (AvgIpc) is 3.58. The van der Waals surface area contributed by atoms with Crippen LogP contribution < -0.4 is 5.32 Å². The van der Waals surface area contributed by atoms with E-state index in [-0.39, 0.29) is 17.9 Å². The van der Waals surface area contributed by atoms with Crippen LogP contribution in [-0.4, -0.2) is 46.5 Å². The topological polar surface area (TPSA) is 87.6 Å². The van der Waals surface area contributed by atoms with E-state index in [2.05, 4.69) is 16.4 Å². The molecule has 3 aliphatic heterocycles. The maximum absolute atomic E-state index is 13.2. The Balaban J connectivity index is 1.15. The summed E-state index contributed by atoms with van der Waals surface area (Å²) in [6, 6.07) is 11.8. The van der Waals surface area contributed by atoms with Crippen LogP contribution in [0.4, 0.5) is 0 Å². The Morgan fingerprint density at radius 1 is 1.26 bits per heavy atom. The van der Waals surface area contributed by atoms with Gasteiger partial charge in [0.2, 0.25) is 11.8 Å². The van der Waals surface area contributed by atoms with E-state index in [9.17, 15) is 9.59 Å². The minimum atomic E-state index is -0.701. The second-order valence-corrected chi connectivity index (χ2v) is 8.57. The highest BCUT2D eigenvalue weighted by Gasteiger charge is 2.66. The molecule has 2 aromatic heterocycles. The Labute approximate surface area is 179 Å². The monoisotopic (exact) mass is 417 g/mol. The Kier molecular flexibility index (Phi) is 4.08. The number of amides is 2. The Hall–Kier alpha value is -3.32. The molecule has 2 unspecified atom stereocenters. The SMILES string of the molecule is O=C(NCCc1c[nH]c2ccccc12)C1C2C(=O)N(Cc3ccco3)C[C@]23C=C[C@H]1O3. The quantitative estimate of drug-likeness (QED) is 0.603. The molecule has 0 radical (unpaired) electrons. The molecule has 1 spiro atoms. The minimum Gasteiger partial charge on any atom is -0.467 e. The summed E-state index contributed by atoms with van der Waals surface area (Å²) in [6.07, 6.45) is 7.87. The molecule has 3 aromatic rings. The van der Waals surface area contributed by atoms with Gasteiger partial charge in [0.25, 0.3) is 0 Å². The summed E-state index contributed by atoms with van der Waals surface area (Å²) < 4.78 is 11.6. The summed E-state index contributed by atoms with van der Waals surface area (Å²) in [5.41, 5.74) is 1.55. The van der Waals surface area contributed by atoms with E-state index in [1.165, 1.54) is 5.39 Å². The molecule has 6 rings (SSSR count). The first-order valence-corrected chi connectivity index (χ1v) is 10.7. The first-order chi connectivity index (χ1) is 15.1. The maximum Gasteiger partial charge on any atom is 0.230 e. The van der Waals surface area contributed by atoms with E-state index in [1.807, 2.05) is 42.6 Å². The molecule has 7 nitrogen and oxygen atoms in total. The number of likely N-dealkylation sites (tertiary alicyclic amines) is 1. The van der Waals surface area contributed by atoms with Gasteiger partial charge in [-0.3, -0.25) is 9.59 Å². The third-order valence-electron chi connectivity index (χ3n) is 6.78. The van der Waals surface area contributed by atoms with Gasteiger partial charge in [0, 0.05) is 23.6 Å². The van der Waals surface area contributed by atoms with Gasteiger partial charge in [-0.2, -0.15) is 0 Å². The summed E-state index contributed by atoms with van der Waals surface area (Å²) in [4.78, 5) is 31.3. The number of rotatable bonds is 6. The summed E-state index contributed by atoms with van der Waals surface area (Å²) in [7, 11) is 0. The molecule has 0 saturated carbocycles. The molecule has 5 heterocycles. The van der Waals surface area contributed by atoms with Crippen molar-refractivity contribution in [3.63, 3.8) is 0 Å². The highest BCUT2D eigenvalue weighted by atomic mass is 16.5. The Morgan fingerprint density at radius 2 is 2.16 bits per heavy atom. The molecule has 2 N–H and O–H groups in total. The molecule has 2 fully saturated rings. The van der Waals surface area contributed by atoms with Gasteiger partial charge in [0.05, 0.1) is 37.3 Å². The second kappa shape index (κ2) is 6.85. The number of furan rings is 1. The molecule has 2 saturated heterocycles. The van der Waals surface area contributed by atoms with Gasteiger partial charge in [-0.15, -0.1) is 0 Å². The number of nitrogens with one attached hydrogen (secondary N) is 2. The van der Waals surface area contributed by atoms with Crippen LogP contribution in [0.5, 0.6) is 0 Å². The van der Waals surface area contributed by atoms with Gasteiger partial charge in [-0.05, 0) is 30.2 Å². The number of nitrogens with zero attached hydrogens (tertiary/aromatic N) is 1. The summed E-state index contributed by atoms with van der Waals surface area (Å²) in [5.74, 6) is -0.412. The molecular weight excluding hydrogens is 394 g/mol. The van der Waals surface area contributed by atoms with E-state index < -0.39 is 17.4 Å².